The molecule has 2 aromatic carbocycles. The minimum atomic E-state index is -0.296. The average Bonchev–Trinajstić information content (AvgIpc) is 2.80. The molecule has 2 aromatic rings. The Kier molecular flexibility index (Phi) is 10.2. The maximum Gasteiger partial charge on any atom is 0.251 e. The molecule has 0 atom stereocenters. The summed E-state index contributed by atoms with van der Waals surface area (Å²) in [4.78, 5) is 39.2. The van der Waals surface area contributed by atoms with Gasteiger partial charge in [-0.2, -0.15) is 0 Å². The van der Waals surface area contributed by atoms with Gasteiger partial charge in [0.2, 0.25) is 5.91 Å². The smallest absolute Gasteiger partial charge is 0.251 e. The van der Waals surface area contributed by atoms with Crippen LogP contribution < -0.4 is 15.4 Å². The number of carbonyl (C=O) groups is 3. The van der Waals surface area contributed by atoms with Gasteiger partial charge < -0.3 is 20.3 Å². The number of anilines is 1. The Bertz CT molecular complexity index is 927. The van der Waals surface area contributed by atoms with Crippen LogP contribution >= 0.6 is 11.6 Å². The first-order valence-corrected chi connectivity index (χ1v) is 11.0. The number of hydrogen-bond donors (Lipinski definition) is 2. The van der Waals surface area contributed by atoms with Crippen LogP contribution in [-0.2, 0) is 4.79 Å². The van der Waals surface area contributed by atoms with Crippen molar-refractivity contribution in [3.05, 3.63) is 58.6 Å². The number of hydrogen-bond acceptors (Lipinski definition) is 5. The summed E-state index contributed by atoms with van der Waals surface area (Å²) in [5.41, 5.74) is 1.43. The summed E-state index contributed by atoms with van der Waals surface area (Å²) < 4.78 is 5.19. The van der Waals surface area contributed by atoms with Crippen LogP contribution in [-0.4, -0.2) is 55.8 Å². The van der Waals surface area contributed by atoms with Crippen molar-refractivity contribution >= 4 is 34.9 Å². The highest BCUT2D eigenvalue weighted by Gasteiger charge is 2.15. The number of amides is 2. The first-order chi connectivity index (χ1) is 15.4. The number of rotatable bonds is 12. The maximum atomic E-state index is 12.5. The molecule has 0 fully saturated rings. The van der Waals surface area contributed by atoms with Crippen LogP contribution in [0.15, 0.2) is 42.5 Å². The molecular weight excluding hydrogens is 430 g/mol. The van der Waals surface area contributed by atoms with Crippen LogP contribution in [0.5, 0.6) is 5.75 Å². The lowest BCUT2D eigenvalue weighted by atomic mass is 10.1. The number of likely N-dealkylation sites (N-methyl/N-ethyl adjacent to an activating group) is 1. The van der Waals surface area contributed by atoms with E-state index in [2.05, 4.69) is 29.4 Å². The van der Waals surface area contributed by atoms with Crippen molar-refractivity contribution in [1.82, 2.24) is 10.2 Å². The van der Waals surface area contributed by atoms with Gasteiger partial charge in [0, 0.05) is 42.2 Å². The lowest BCUT2D eigenvalue weighted by molar-refractivity contribution is -0.116. The highest BCUT2D eigenvalue weighted by molar-refractivity contribution is 6.31. The minimum Gasteiger partial charge on any atom is -0.496 e. The molecule has 0 aromatic heterocycles. The predicted molar refractivity (Wildman–Crippen MR) is 127 cm³/mol. The Morgan fingerprint density at radius 1 is 1.00 bits per heavy atom. The molecule has 0 spiro atoms. The van der Waals surface area contributed by atoms with Gasteiger partial charge in [-0.15, -0.1) is 0 Å². The van der Waals surface area contributed by atoms with E-state index in [0.29, 0.717) is 34.1 Å². The summed E-state index contributed by atoms with van der Waals surface area (Å²) in [6, 6.07) is 11.4. The Hall–Kier alpha value is -2.90. The van der Waals surface area contributed by atoms with Gasteiger partial charge in [0.05, 0.1) is 12.7 Å². The molecule has 8 heteroatoms. The van der Waals surface area contributed by atoms with Gasteiger partial charge in [0.15, 0.2) is 5.78 Å². The molecule has 2 rings (SSSR count). The Morgan fingerprint density at radius 2 is 1.69 bits per heavy atom. The third-order valence-electron chi connectivity index (χ3n) is 5.08. The fourth-order valence-electron chi connectivity index (χ4n) is 3.16. The molecule has 7 nitrogen and oxygen atoms in total. The highest BCUT2D eigenvalue weighted by Crippen LogP contribution is 2.24. The zero-order valence-electron chi connectivity index (χ0n) is 18.7. The second-order valence-electron chi connectivity index (χ2n) is 7.18. The van der Waals surface area contributed by atoms with E-state index in [1.807, 2.05) is 0 Å². The molecule has 0 heterocycles. The molecule has 0 unspecified atom stereocenters. The molecule has 0 radical (unpaired) electrons. The summed E-state index contributed by atoms with van der Waals surface area (Å²) >= 11 is 5.96. The van der Waals surface area contributed by atoms with Crippen molar-refractivity contribution in [2.45, 2.75) is 26.7 Å². The van der Waals surface area contributed by atoms with Crippen molar-refractivity contribution in [2.24, 2.45) is 0 Å². The van der Waals surface area contributed by atoms with Crippen molar-refractivity contribution < 1.29 is 19.1 Å². The Balaban J connectivity index is 1.83. The molecular formula is C24H30ClN3O4. The van der Waals surface area contributed by atoms with Crippen molar-refractivity contribution in [1.29, 1.82) is 0 Å². The van der Waals surface area contributed by atoms with Crippen molar-refractivity contribution in [3.8, 4) is 5.75 Å². The SMILES string of the molecule is CCN(CC)CCNC(=O)c1ccc(NC(=O)CCC(=O)c2cc(Cl)ccc2OC)cc1. The standard InChI is InChI=1S/C24H30ClN3O4/c1-4-28(5-2)15-14-26-24(31)17-6-9-19(10-7-17)27-23(30)13-11-21(29)20-16-18(25)8-12-22(20)32-3/h6-10,12,16H,4-5,11,13-15H2,1-3H3,(H,26,31)(H,27,30). The lowest BCUT2D eigenvalue weighted by Gasteiger charge is -2.18. The third kappa shape index (κ3) is 7.66. The monoisotopic (exact) mass is 459 g/mol. The number of methoxy groups -OCH3 is 1. The molecule has 0 saturated carbocycles. The van der Waals surface area contributed by atoms with Crippen LogP contribution in [0.3, 0.4) is 0 Å². The summed E-state index contributed by atoms with van der Waals surface area (Å²) in [6.07, 6.45) is 0.0393. The molecule has 0 aliphatic rings. The summed E-state index contributed by atoms with van der Waals surface area (Å²) in [7, 11) is 1.47. The fourth-order valence-corrected chi connectivity index (χ4v) is 3.33. The fraction of sp³-hybridized carbons (Fsp3) is 0.375. The van der Waals surface area contributed by atoms with Gasteiger partial charge in [-0.25, -0.2) is 0 Å². The number of benzene rings is 2. The maximum absolute atomic E-state index is 12.5. The number of ketones is 1. The van der Waals surface area contributed by atoms with Crippen LogP contribution in [0.1, 0.15) is 47.4 Å². The first-order valence-electron chi connectivity index (χ1n) is 10.6. The molecule has 172 valence electrons. The number of nitrogens with zero attached hydrogens (tertiary/aromatic N) is 1. The lowest BCUT2D eigenvalue weighted by Crippen LogP contribution is -2.34. The Labute approximate surface area is 194 Å². The van der Waals surface area contributed by atoms with E-state index in [-0.39, 0.29) is 30.4 Å². The number of nitrogens with one attached hydrogen (secondary N) is 2. The summed E-state index contributed by atoms with van der Waals surface area (Å²) in [5.74, 6) is -0.256. The van der Waals surface area contributed by atoms with Crippen LogP contribution in [0.4, 0.5) is 5.69 Å². The van der Waals surface area contributed by atoms with E-state index >= 15 is 0 Å². The average molecular weight is 460 g/mol. The first kappa shape index (κ1) is 25.4. The normalized spacial score (nSPS) is 10.7. The van der Waals surface area contributed by atoms with E-state index in [0.717, 1.165) is 19.6 Å². The molecule has 32 heavy (non-hydrogen) atoms. The van der Waals surface area contributed by atoms with Gasteiger partial charge in [-0.05, 0) is 55.6 Å². The Morgan fingerprint density at radius 3 is 2.31 bits per heavy atom. The van der Waals surface area contributed by atoms with E-state index in [1.54, 1.807) is 36.4 Å². The second kappa shape index (κ2) is 12.8. The largest absolute Gasteiger partial charge is 0.496 e. The van der Waals surface area contributed by atoms with Gasteiger partial charge in [0.25, 0.3) is 5.91 Å². The molecule has 2 N–H and O–H groups in total. The minimum absolute atomic E-state index is 0.0160. The van der Waals surface area contributed by atoms with E-state index < -0.39 is 0 Å². The van der Waals surface area contributed by atoms with Crippen LogP contribution in [0.25, 0.3) is 0 Å². The highest BCUT2D eigenvalue weighted by atomic mass is 35.5. The van der Waals surface area contributed by atoms with E-state index in [1.165, 1.54) is 13.2 Å². The zero-order valence-corrected chi connectivity index (χ0v) is 19.5. The molecule has 0 saturated heterocycles. The number of carbonyl (C=O) groups excluding carboxylic acids is 3. The molecule has 2 amide bonds. The van der Waals surface area contributed by atoms with Gasteiger partial charge in [0.1, 0.15) is 5.75 Å². The van der Waals surface area contributed by atoms with E-state index in [4.69, 9.17) is 16.3 Å². The zero-order chi connectivity index (χ0) is 23.5. The molecule has 0 aliphatic heterocycles. The number of Topliss-reactive ketones (excluding diaryl/α,β-unsaturated/α-hetero) is 1. The predicted octanol–water partition coefficient (Wildman–Crippen LogP) is 4.02. The quantitative estimate of drug-likeness (QED) is 0.468. The van der Waals surface area contributed by atoms with Crippen LogP contribution in [0, 0.1) is 0 Å². The van der Waals surface area contributed by atoms with E-state index in [9.17, 15) is 14.4 Å². The third-order valence-corrected chi connectivity index (χ3v) is 5.32. The van der Waals surface area contributed by atoms with Gasteiger partial charge >= 0.3 is 0 Å². The number of ether oxygens (including phenoxy) is 1. The van der Waals surface area contributed by atoms with Gasteiger partial charge in [-0.1, -0.05) is 25.4 Å². The second-order valence-corrected chi connectivity index (χ2v) is 7.61. The summed E-state index contributed by atoms with van der Waals surface area (Å²) in [5, 5.41) is 6.06. The molecule has 0 bridgehead atoms. The number of halogens is 1. The summed E-state index contributed by atoms with van der Waals surface area (Å²) in [6.45, 7) is 7.43. The van der Waals surface area contributed by atoms with Crippen LogP contribution in [0.2, 0.25) is 5.02 Å². The van der Waals surface area contributed by atoms with Crippen molar-refractivity contribution in [3.63, 3.8) is 0 Å². The van der Waals surface area contributed by atoms with Crippen molar-refractivity contribution in [2.75, 3.05) is 38.6 Å². The van der Waals surface area contributed by atoms with Gasteiger partial charge in [-0.3, -0.25) is 14.4 Å². The topological polar surface area (TPSA) is 87.7 Å². The molecule has 0 aliphatic carbocycles.